The van der Waals surface area contributed by atoms with E-state index in [0.29, 0.717) is 5.56 Å². The fourth-order valence-electron chi connectivity index (χ4n) is 2.74. The number of amides is 2. The molecule has 3 rings (SSSR count). The van der Waals surface area contributed by atoms with E-state index in [0.717, 1.165) is 4.90 Å². The molecule has 1 aromatic rings. The van der Waals surface area contributed by atoms with Crippen LogP contribution in [0.3, 0.4) is 0 Å². The maximum absolute atomic E-state index is 12.3. The number of benzene rings is 1. The number of hydrogen-bond acceptors (Lipinski definition) is 5. The number of nitrogens with zero attached hydrogens (tertiary/aromatic N) is 2. The van der Waals surface area contributed by atoms with Crippen LogP contribution in [-0.4, -0.2) is 53.8 Å². The fraction of sp³-hybridized carbons (Fsp3) is 0.357. The zero-order valence-corrected chi connectivity index (χ0v) is 11.1. The van der Waals surface area contributed by atoms with Crippen LogP contribution in [0.1, 0.15) is 11.6 Å². The molecule has 0 aliphatic carbocycles. The number of likely N-dealkylation sites (N-methyl/N-ethyl adjacent to an activating group) is 1. The molecule has 2 heterocycles. The quantitative estimate of drug-likeness (QED) is 0.439. The molecule has 1 unspecified atom stereocenters. The molecule has 0 radical (unpaired) electrons. The van der Waals surface area contributed by atoms with Gasteiger partial charge in [-0.05, 0) is 12.6 Å². The second-order valence-electron chi connectivity index (χ2n) is 4.94. The van der Waals surface area contributed by atoms with Crippen molar-refractivity contribution >= 4 is 17.8 Å². The van der Waals surface area contributed by atoms with Crippen LogP contribution in [0.4, 0.5) is 0 Å². The van der Waals surface area contributed by atoms with Crippen molar-refractivity contribution < 1.29 is 19.1 Å². The SMILES string of the molecule is COC(=O)[C@@H](c1ccccc1)N1C(=O)[C@@H]2[C@H](C1=O)N2C. The molecule has 1 aromatic carbocycles. The fourth-order valence-corrected chi connectivity index (χ4v) is 2.74. The molecule has 2 aliphatic rings. The van der Waals surface area contributed by atoms with Crippen LogP contribution in [-0.2, 0) is 19.1 Å². The van der Waals surface area contributed by atoms with Gasteiger partial charge in [0.05, 0.1) is 7.11 Å². The summed E-state index contributed by atoms with van der Waals surface area (Å²) in [5.41, 5.74) is 0.574. The van der Waals surface area contributed by atoms with Gasteiger partial charge in [-0.2, -0.15) is 0 Å². The van der Waals surface area contributed by atoms with E-state index < -0.39 is 24.1 Å². The van der Waals surface area contributed by atoms with Gasteiger partial charge in [-0.3, -0.25) is 19.4 Å². The number of esters is 1. The minimum absolute atomic E-state index is 0.332. The molecule has 2 amide bonds. The minimum Gasteiger partial charge on any atom is -0.467 e. The van der Waals surface area contributed by atoms with Crippen LogP contribution < -0.4 is 0 Å². The Balaban J connectivity index is 1.98. The lowest BCUT2D eigenvalue weighted by Crippen LogP contribution is -2.44. The molecule has 104 valence electrons. The molecule has 4 atom stereocenters. The third kappa shape index (κ3) is 1.65. The molecular formula is C14H14N2O4. The number of hydrogen-bond donors (Lipinski definition) is 0. The zero-order chi connectivity index (χ0) is 14.4. The largest absolute Gasteiger partial charge is 0.467 e. The van der Waals surface area contributed by atoms with Gasteiger partial charge >= 0.3 is 5.97 Å². The lowest BCUT2D eigenvalue weighted by atomic mass is 10.1. The Morgan fingerprint density at radius 2 is 1.70 bits per heavy atom. The Morgan fingerprint density at radius 1 is 1.15 bits per heavy atom. The van der Waals surface area contributed by atoms with Crippen LogP contribution in [0.5, 0.6) is 0 Å². The van der Waals surface area contributed by atoms with Crippen LogP contribution in [0.15, 0.2) is 30.3 Å². The topological polar surface area (TPSA) is 66.7 Å². The van der Waals surface area contributed by atoms with Gasteiger partial charge in [-0.1, -0.05) is 30.3 Å². The predicted octanol–water partition coefficient (Wildman–Crippen LogP) is -0.0479. The number of carbonyl (C=O) groups excluding carboxylic acids is 3. The number of carbonyl (C=O) groups is 3. The lowest BCUT2D eigenvalue weighted by molar-refractivity contribution is -0.158. The van der Waals surface area contributed by atoms with E-state index in [-0.39, 0.29) is 11.8 Å². The van der Waals surface area contributed by atoms with Crippen molar-refractivity contribution in [2.75, 3.05) is 14.2 Å². The van der Waals surface area contributed by atoms with Crippen molar-refractivity contribution in [2.45, 2.75) is 18.1 Å². The van der Waals surface area contributed by atoms with Gasteiger partial charge in [0.2, 0.25) is 11.8 Å². The van der Waals surface area contributed by atoms with Crippen molar-refractivity contribution in [2.24, 2.45) is 0 Å². The van der Waals surface area contributed by atoms with E-state index >= 15 is 0 Å². The Kier molecular flexibility index (Phi) is 2.83. The molecule has 20 heavy (non-hydrogen) atoms. The predicted molar refractivity (Wildman–Crippen MR) is 68.4 cm³/mol. The number of methoxy groups -OCH3 is 1. The minimum atomic E-state index is -0.998. The van der Waals surface area contributed by atoms with Gasteiger partial charge in [0.1, 0.15) is 12.1 Å². The Morgan fingerprint density at radius 3 is 2.20 bits per heavy atom. The molecule has 2 fully saturated rings. The molecule has 6 nitrogen and oxygen atoms in total. The van der Waals surface area contributed by atoms with Gasteiger partial charge in [0.25, 0.3) is 0 Å². The molecule has 0 aromatic heterocycles. The summed E-state index contributed by atoms with van der Waals surface area (Å²) in [6.45, 7) is 0. The van der Waals surface area contributed by atoms with E-state index in [4.69, 9.17) is 4.74 Å². The number of likely N-dealkylation sites (tertiary alicyclic amines) is 1. The van der Waals surface area contributed by atoms with E-state index in [1.807, 2.05) is 0 Å². The summed E-state index contributed by atoms with van der Waals surface area (Å²) in [5, 5.41) is 0. The van der Waals surface area contributed by atoms with E-state index in [1.165, 1.54) is 7.11 Å². The molecule has 6 heteroatoms. The number of piperazine rings is 1. The highest BCUT2D eigenvalue weighted by molar-refractivity contribution is 6.15. The smallest absolute Gasteiger partial charge is 0.333 e. The van der Waals surface area contributed by atoms with E-state index in [2.05, 4.69) is 0 Å². The van der Waals surface area contributed by atoms with Gasteiger partial charge in [0.15, 0.2) is 6.04 Å². The second kappa shape index (κ2) is 4.42. The van der Waals surface area contributed by atoms with Crippen LogP contribution in [0.2, 0.25) is 0 Å². The Hall–Kier alpha value is -2.21. The number of ether oxygens (including phenoxy) is 1. The maximum atomic E-state index is 12.3. The van der Waals surface area contributed by atoms with Crippen LogP contribution in [0, 0.1) is 0 Å². The highest BCUT2D eigenvalue weighted by Crippen LogP contribution is 2.40. The van der Waals surface area contributed by atoms with Gasteiger partial charge in [-0.25, -0.2) is 4.79 Å². The first-order valence-electron chi connectivity index (χ1n) is 6.29. The first-order chi connectivity index (χ1) is 9.57. The summed E-state index contributed by atoms with van der Waals surface area (Å²) in [4.78, 5) is 39.3. The summed E-state index contributed by atoms with van der Waals surface area (Å²) in [7, 11) is 2.97. The summed E-state index contributed by atoms with van der Waals surface area (Å²) in [6, 6.07) is 6.88. The lowest BCUT2D eigenvalue weighted by Gasteiger charge is -2.26. The number of rotatable bonds is 3. The zero-order valence-electron chi connectivity index (χ0n) is 11.1. The molecule has 2 aliphatic heterocycles. The molecule has 0 saturated carbocycles. The maximum Gasteiger partial charge on any atom is 0.333 e. The average Bonchev–Trinajstić information content (AvgIpc) is 3.06. The van der Waals surface area contributed by atoms with Gasteiger partial charge < -0.3 is 4.74 Å². The molecular weight excluding hydrogens is 260 g/mol. The molecule has 0 bridgehead atoms. The number of imide groups is 1. The van der Waals surface area contributed by atoms with Crippen LogP contribution >= 0.6 is 0 Å². The summed E-state index contributed by atoms with van der Waals surface area (Å²) >= 11 is 0. The summed E-state index contributed by atoms with van der Waals surface area (Å²) in [5.74, 6) is -1.27. The highest BCUT2D eigenvalue weighted by atomic mass is 16.5. The molecule has 2 saturated heterocycles. The van der Waals surface area contributed by atoms with Gasteiger partial charge in [-0.15, -0.1) is 0 Å². The van der Waals surface area contributed by atoms with Crippen molar-refractivity contribution in [1.82, 2.24) is 9.80 Å². The van der Waals surface area contributed by atoms with Gasteiger partial charge in [0, 0.05) is 0 Å². The van der Waals surface area contributed by atoms with Crippen molar-refractivity contribution in [3.63, 3.8) is 0 Å². The van der Waals surface area contributed by atoms with Crippen molar-refractivity contribution in [1.29, 1.82) is 0 Å². The van der Waals surface area contributed by atoms with Crippen LogP contribution in [0.25, 0.3) is 0 Å². The second-order valence-corrected chi connectivity index (χ2v) is 4.94. The van der Waals surface area contributed by atoms with E-state index in [9.17, 15) is 14.4 Å². The molecule has 0 spiro atoms. The Bertz CT molecular complexity index is 564. The molecule has 0 N–H and O–H groups in total. The van der Waals surface area contributed by atoms with Crippen molar-refractivity contribution in [3.05, 3.63) is 35.9 Å². The normalized spacial score (nSPS) is 29.1. The summed E-state index contributed by atoms with van der Waals surface area (Å²) in [6.07, 6.45) is 0. The standard InChI is InChI=1S/C14H14N2O4/c1-15-10-11(15)13(18)16(12(10)17)9(14(19)20-2)8-6-4-3-5-7-8/h3-7,9-11H,1-2H3/t9-,10-,11+,15?/m1/s1. The third-order valence-corrected chi connectivity index (χ3v) is 3.87. The highest BCUT2D eigenvalue weighted by Gasteiger charge is 2.66. The Labute approximate surface area is 115 Å². The number of fused-ring (bicyclic) bond motifs is 1. The van der Waals surface area contributed by atoms with E-state index in [1.54, 1.807) is 42.3 Å². The average molecular weight is 274 g/mol. The third-order valence-electron chi connectivity index (χ3n) is 3.87. The first-order valence-corrected chi connectivity index (χ1v) is 6.29. The van der Waals surface area contributed by atoms with Crippen molar-refractivity contribution in [3.8, 4) is 0 Å². The monoisotopic (exact) mass is 274 g/mol. The first kappa shape index (κ1) is 12.8. The summed E-state index contributed by atoms with van der Waals surface area (Å²) < 4.78 is 4.75.